The molecule has 1 saturated carbocycles. The van der Waals surface area contributed by atoms with Crippen molar-refractivity contribution in [3.05, 3.63) is 29.6 Å². The lowest BCUT2D eigenvalue weighted by molar-refractivity contribution is 0.0718. The van der Waals surface area contributed by atoms with Gasteiger partial charge in [-0.05, 0) is 25.0 Å². The van der Waals surface area contributed by atoms with E-state index in [0.29, 0.717) is 6.54 Å². The van der Waals surface area contributed by atoms with Gasteiger partial charge in [0.05, 0.1) is 17.9 Å². The molecule has 0 atom stereocenters. The Morgan fingerprint density at radius 3 is 2.70 bits per heavy atom. The number of amides is 1. The first kappa shape index (κ1) is 14.8. The first-order chi connectivity index (χ1) is 9.58. The number of hydrogen-bond acceptors (Lipinski definition) is 3. The SMILES string of the molecule is Nc1c(F)cccc1C(=O)NCC1(CO)CCCCC1. The molecule has 1 aromatic carbocycles. The zero-order chi connectivity index (χ0) is 14.6. The number of para-hydroxylation sites is 1. The van der Waals surface area contributed by atoms with Crippen molar-refractivity contribution in [2.75, 3.05) is 18.9 Å². The van der Waals surface area contributed by atoms with Crippen LogP contribution in [0.2, 0.25) is 0 Å². The van der Waals surface area contributed by atoms with E-state index in [9.17, 15) is 14.3 Å². The third kappa shape index (κ3) is 3.10. The quantitative estimate of drug-likeness (QED) is 0.739. The van der Waals surface area contributed by atoms with Gasteiger partial charge < -0.3 is 16.2 Å². The molecule has 0 spiro atoms. The predicted octanol–water partition coefficient (Wildman–Crippen LogP) is 2.08. The molecule has 1 aromatic rings. The lowest BCUT2D eigenvalue weighted by Gasteiger charge is -2.35. The number of nitrogen functional groups attached to an aromatic ring is 1. The third-order valence-corrected chi connectivity index (χ3v) is 4.17. The van der Waals surface area contributed by atoms with E-state index in [-0.39, 0.29) is 29.2 Å². The van der Waals surface area contributed by atoms with Gasteiger partial charge in [0, 0.05) is 12.0 Å². The van der Waals surface area contributed by atoms with E-state index in [4.69, 9.17) is 5.73 Å². The number of carbonyl (C=O) groups excluding carboxylic acids is 1. The summed E-state index contributed by atoms with van der Waals surface area (Å²) in [6.07, 6.45) is 5.12. The summed E-state index contributed by atoms with van der Waals surface area (Å²) in [6, 6.07) is 4.19. The van der Waals surface area contributed by atoms with Crippen molar-refractivity contribution in [1.29, 1.82) is 0 Å². The molecule has 1 fully saturated rings. The number of aliphatic hydroxyl groups is 1. The van der Waals surface area contributed by atoms with E-state index in [0.717, 1.165) is 25.7 Å². The summed E-state index contributed by atoms with van der Waals surface area (Å²) in [4.78, 5) is 12.1. The summed E-state index contributed by atoms with van der Waals surface area (Å²) < 4.78 is 13.3. The monoisotopic (exact) mass is 280 g/mol. The highest BCUT2D eigenvalue weighted by Gasteiger charge is 2.32. The van der Waals surface area contributed by atoms with Gasteiger partial charge in [-0.1, -0.05) is 25.3 Å². The van der Waals surface area contributed by atoms with Gasteiger partial charge in [-0.25, -0.2) is 4.39 Å². The third-order valence-electron chi connectivity index (χ3n) is 4.17. The number of rotatable bonds is 4. The maximum Gasteiger partial charge on any atom is 0.253 e. The zero-order valence-corrected chi connectivity index (χ0v) is 11.5. The van der Waals surface area contributed by atoms with E-state index in [1.807, 2.05) is 0 Å². The van der Waals surface area contributed by atoms with Gasteiger partial charge >= 0.3 is 0 Å². The Balaban J connectivity index is 2.02. The van der Waals surface area contributed by atoms with Crippen LogP contribution in [0, 0.1) is 11.2 Å². The fraction of sp³-hybridized carbons (Fsp3) is 0.533. The molecule has 1 aliphatic rings. The lowest BCUT2D eigenvalue weighted by Crippen LogP contribution is -2.41. The van der Waals surface area contributed by atoms with Crippen LogP contribution in [0.3, 0.4) is 0 Å². The molecule has 1 amide bonds. The topological polar surface area (TPSA) is 75.4 Å². The molecule has 110 valence electrons. The Labute approximate surface area is 118 Å². The number of aliphatic hydroxyl groups excluding tert-OH is 1. The minimum atomic E-state index is -0.591. The molecular formula is C15H21FN2O2. The summed E-state index contributed by atoms with van der Waals surface area (Å²) in [5.74, 6) is -0.979. The molecule has 0 saturated heterocycles. The Kier molecular flexibility index (Phi) is 4.60. The second-order valence-corrected chi connectivity index (χ2v) is 5.60. The molecule has 0 unspecified atom stereocenters. The highest BCUT2D eigenvalue weighted by Crippen LogP contribution is 2.35. The first-order valence-corrected chi connectivity index (χ1v) is 7.01. The van der Waals surface area contributed by atoms with Gasteiger partial charge in [0.1, 0.15) is 5.82 Å². The van der Waals surface area contributed by atoms with Crippen molar-refractivity contribution >= 4 is 11.6 Å². The van der Waals surface area contributed by atoms with E-state index >= 15 is 0 Å². The number of anilines is 1. The predicted molar refractivity (Wildman–Crippen MR) is 75.7 cm³/mol. The molecular weight excluding hydrogens is 259 g/mol. The highest BCUT2D eigenvalue weighted by molar-refractivity contribution is 5.99. The molecule has 1 aliphatic carbocycles. The average molecular weight is 280 g/mol. The van der Waals surface area contributed by atoms with Gasteiger partial charge in [-0.15, -0.1) is 0 Å². The van der Waals surface area contributed by atoms with Gasteiger partial charge in [-0.2, -0.15) is 0 Å². The van der Waals surface area contributed by atoms with Crippen LogP contribution in [-0.2, 0) is 0 Å². The van der Waals surface area contributed by atoms with Gasteiger partial charge in [-0.3, -0.25) is 4.79 Å². The number of nitrogens with two attached hydrogens (primary N) is 1. The van der Waals surface area contributed by atoms with Crippen LogP contribution in [-0.4, -0.2) is 24.2 Å². The van der Waals surface area contributed by atoms with E-state index in [2.05, 4.69) is 5.32 Å². The Bertz CT molecular complexity index is 485. The molecule has 5 heteroatoms. The highest BCUT2D eigenvalue weighted by atomic mass is 19.1. The second kappa shape index (κ2) is 6.22. The Morgan fingerprint density at radius 1 is 1.35 bits per heavy atom. The molecule has 0 aromatic heterocycles. The van der Waals surface area contributed by atoms with Crippen molar-refractivity contribution < 1.29 is 14.3 Å². The zero-order valence-electron chi connectivity index (χ0n) is 11.5. The molecule has 20 heavy (non-hydrogen) atoms. The van der Waals surface area contributed by atoms with Gasteiger partial charge in [0.2, 0.25) is 0 Å². The van der Waals surface area contributed by atoms with Crippen LogP contribution >= 0.6 is 0 Å². The summed E-state index contributed by atoms with van der Waals surface area (Å²) in [5.41, 5.74) is 5.35. The van der Waals surface area contributed by atoms with Crippen molar-refractivity contribution in [2.24, 2.45) is 5.41 Å². The minimum absolute atomic E-state index is 0.0614. The maximum atomic E-state index is 13.3. The molecule has 0 radical (unpaired) electrons. The molecule has 2 rings (SSSR count). The summed E-state index contributed by atoms with van der Waals surface area (Å²) in [6.45, 7) is 0.462. The van der Waals surface area contributed by atoms with Crippen LogP contribution in [0.15, 0.2) is 18.2 Å². The molecule has 0 bridgehead atoms. The van der Waals surface area contributed by atoms with Gasteiger partial charge in [0.15, 0.2) is 0 Å². The largest absolute Gasteiger partial charge is 0.396 e. The smallest absolute Gasteiger partial charge is 0.253 e. The molecule has 0 aliphatic heterocycles. The maximum absolute atomic E-state index is 13.3. The van der Waals surface area contributed by atoms with Crippen LogP contribution in [0.1, 0.15) is 42.5 Å². The fourth-order valence-electron chi connectivity index (χ4n) is 2.79. The normalized spacial score (nSPS) is 17.7. The number of halogens is 1. The number of carbonyl (C=O) groups is 1. The number of benzene rings is 1. The number of nitrogens with one attached hydrogen (secondary N) is 1. The van der Waals surface area contributed by atoms with E-state index < -0.39 is 5.82 Å². The fourth-order valence-corrected chi connectivity index (χ4v) is 2.79. The molecule has 4 nitrogen and oxygen atoms in total. The summed E-state index contributed by atoms with van der Waals surface area (Å²) in [7, 11) is 0. The molecule has 4 N–H and O–H groups in total. The van der Waals surface area contributed by atoms with Crippen molar-refractivity contribution in [1.82, 2.24) is 5.32 Å². The van der Waals surface area contributed by atoms with Crippen molar-refractivity contribution in [3.63, 3.8) is 0 Å². The summed E-state index contributed by atoms with van der Waals surface area (Å²) in [5, 5.41) is 12.4. The van der Waals surface area contributed by atoms with Crippen molar-refractivity contribution in [2.45, 2.75) is 32.1 Å². The van der Waals surface area contributed by atoms with Crippen LogP contribution in [0.4, 0.5) is 10.1 Å². The van der Waals surface area contributed by atoms with Crippen LogP contribution < -0.4 is 11.1 Å². The molecule has 0 heterocycles. The van der Waals surface area contributed by atoms with Crippen LogP contribution in [0.25, 0.3) is 0 Å². The van der Waals surface area contributed by atoms with E-state index in [1.54, 1.807) is 0 Å². The minimum Gasteiger partial charge on any atom is -0.396 e. The van der Waals surface area contributed by atoms with Gasteiger partial charge in [0.25, 0.3) is 5.91 Å². The lowest BCUT2D eigenvalue weighted by atomic mass is 9.74. The first-order valence-electron chi connectivity index (χ1n) is 7.01. The Hall–Kier alpha value is -1.62. The second-order valence-electron chi connectivity index (χ2n) is 5.60. The van der Waals surface area contributed by atoms with Crippen LogP contribution in [0.5, 0.6) is 0 Å². The van der Waals surface area contributed by atoms with E-state index in [1.165, 1.54) is 24.6 Å². The average Bonchev–Trinajstić information content (AvgIpc) is 2.48. The standard InChI is InChI=1S/C15H21FN2O2/c16-12-6-4-5-11(13(12)17)14(20)18-9-15(10-19)7-2-1-3-8-15/h4-6,19H,1-3,7-10,17H2,(H,18,20). The number of hydrogen-bond donors (Lipinski definition) is 3. The summed E-state index contributed by atoms with van der Waals surface area (Å²) >= 11 is 0. The Morgan fingerprint density at radius 2 is 2.05 bits per heavy atom. The van der Waals surface area contributed by atoms with Crippen molar-refractivity contribution in [3.8, 4) is 0 Å².